The van der Waals surface area contributed by atoms with Crippen molar-refractivity contribution < 1.29 is 19.4 Å². The van der Waals surface area contributed by atoms with Gasteiger partial charge in [-0.1, -0.05) is 30.3 Å². The van der Waals surface area contributed by atoms with E-state index in [-0.39, 0.29) is 24.1 Å². The molecular formula is C34H36N6O4S. The molecule has 0 unspecified atom stereocenters. The number of nitrogens with zero attached hydrogens (tertiary/aromatic N) is 4. The number of carbonyl (C=O) groups is 2. The molecule has 0 aliphatic heterocycles. The van der Waals surface area contributed by atoms with E-state index in [4.69, 9.17) is 9.72 Å². The van der Waals surface area contributed by atoms with Crippen molar-refractivity contribution in [1.82, 2.24) is 30.4 Å². The number of aliphatic hydroxyl groups is 1. The Morgan fingerprint density at radius 3 is 2.64 bits per heavy atom. The standard InChI is InChI=1S/C34H36N6O4S/c1-21-13-22(16-44-17-23-18-45-20-35-23)9-10-24(21)31(41)37-34(11-12-34)26-14-28(36-27-8-6-5-7-25(26)27)29-15-30(39-38-29)32(42)40(4)19-33(2,3)43/h5-10,13-15,18,20,43H,11-12,16-17,19H2,1-4H3,(H,37,41)(H,38,39). The zero-order valence-corrected chi connectivity index (χ0v) is 26.6. The van der Waals surface area contributed by atoms with E-state index in [0.717, 1.165) is 46.1 Å². The van der Waals surface area contributed by atoms with Gasteiger partial charge in [0.05, 0.1) is 52.5 Å². The van der Waals surface area contributed by atoms with Gasteiger partial charge in [0, 0.05) is 29.9 Å². The molecule has 3 N–H and O–H groups in total. The van der Waals surface area contributed by atoms with Gasteiger partial charge in [-0.25, -0.2) is 9.97 Å². The van der Waals surface area contributed by atoms with Gasteiger partial charge in [-0.2, -0.15) is 5.10 Å². The number of H-pyrrole nitrogens is 1. The van der Waals surface area contributed by atoms with Crippen molar-refractivity contribution in [2.24, 2.45) is 0 Å². The molecule has 5 aromatic rings. The van der Waals surface area contributed by atoms with Crippen molar-refractivity contribution in [3.05, 3.63) is 99.1 Å². The number of carbonyl (C=O) groups excluding carboxylic acids is 2. The van der Waals surface area contributed by atoms with Crippen molar-refractivity contribution in [2.45, 2.75) is 58.0 Å². The number of para-hydroxylation sites is 1. The van der Waals surface area contributed by atoms with Crippen LogP contribution in [0.1, 0.15) is 69.9 Å². The Bertz CT molecular complexity index is 1860. The predicted molar refractivity (Wildman–Crippen MR) is 173 cm³/mol. The number of aromatic amines is 1. The summed E-state index contributed by atoms with van der Waals surface area (Å²) in [5.41, 5.74) is 6.82. The van der Waals surface area contributed by atoms with E-state index in [2.05, 4.69) is 20.5 Å². The Kier molecular flexibility index (Phi) is 8.25. The molecule has 45 heavy (non-hydrogen) atoms. The molecule has 0 radical (unpaired) electrons. The second-order valence-electron chi connectivity index (χ2n) is 12.4. The summed E-state index contributed by atoms with van der Waals surface area (Å²) in [6, 6.07) is 17.3. The fraction of sp³-hybridized carbons (Fsp3) is 0.324. The Hall–Kier alpha value is -4.45. The quantitative estimate of drug-likeness (QED) is 0.180. The number of amides is 2. The first-order chi connectivity index (χ1) is 21.5. The predicted octanol–water partition coefficient (Wildman–Crippen LogP) is 5.37. The molecule has 3 heterocycles. The first-order valence-electron chi connectivity index (χ1n) is 14.8. The van der Waals surface area contributed by atoms with Crippen LogP contribution in [0, 0.1) is 6.92 Å². The molecule has 0 bridgehead atoms. The van der Waals surface area contributed by atoms with Gasteiger partial charge >= 0.3 is 0 Å². The summed E-state index contributed by atoms with van der Waals surface area (Å²) < 4.78 is 5.80. The summed E-state index contributed by atoms with van der Waals surface area (Å²) in [5.74, 6) is -0.439. The van der Waals surface area contributed by atoms with Gasteiger partial charge in [-0.3, -0.25) is 14.7 Å². The number of aryl methyl sites for hydroxylation is 1. The first-order valence-corrected chi connectivity index (χ1v) is 15.8. The summed E-state index contributed by atoms with van der Waals surface area (Å²) in [7, 11) is 1.63. The van der Waals surface area contributed by atoms with Gasteiger partial charge in [-0.15, -0.1) is 11.3 Å². The van der Waals surface area contributed by atoms with E-state index in [1.807, 2.05) is 60.8 Å². The van der Waals surface area contributed by atoms with Gasteiger partial charge in [-0.05, 0) is 74.6 Å². The van der Waals surface area contributed by atoms with Crippen molar-refractivity contribution in [2.75, 3.05) is 13.6 Å². The molecule has 1 aliphatic rings. The molecule has 0 saturated heterocycles. The second kappa shape index (κ2) is 12.2. The van der Waals surface area contributed by atoms with Gasteiger partial charge in [0.25, 0.3) is 11.8 Å². The van der Waals surface area contributed by atoms with E-state index in [1.165, 1.54) is 4.90 Å². The zero-order chi connectivity index (χ0) is 31.8. The third-order valence-corrected chi connectivity index (χ3v) is 8.55. The Balaban J connectivity index is 1.23. The number of nitrogens with one attached hydrogen (secondary N) is 2. The summed E-state index contributed by atoms with van der Waals surface area (Å²) in [6.07, 6.45) is 1.59. The number of rotatable bonds is 11. The van der Waals surface area contributed by atoms with Crippen LogP contribution in [-0.4, -0.2) is 61.2 Å². The van der Waals surface area contributed by atoms with Crippen LogP contribution in [0.15, 0.2) is 65.5 Å². The van der Waals surface area contributed by atoms with E-state index >= 15 is 0 Å². The third kappa shape index (κ3) is 6.80. The lowest BCUT2D eigenvalue weighted by Crippen LogP contribution is -2.39. The minimum atomic E-state index is -1.03. The van der Waals surface area contributed by atoms with Crippen molar-refractivity contribution in [1.29, 1.82) is 0 Å². The van der Waals surface area contributed by atoms with Crippen LogP contribution in [0.25, 0.3) is 22.3 Å². The number of hydrogen-bond donors (Lipinski definition) is 3. The van der Waals surface area contributed by atoms with Crippen molar-refractivity contribution in [3.8, 4) is 11.4 Å². The monoisotopic (exact) mass is 624 g/mol. The Labute approximate surface area is 265 Å². The lowest BCUT2D eigenvalue weighted by molar-refractivity contribution is 0.0365. The van der Waals surface area contributed by atoms with Gasteiger partial charge in [0.2, 0.25) is 0 Å². The zero-order valence-electron chi connectivity index (χ0n) is 25.8. The number of fused-ring (bicyclic) bond motifs is 1. The number of aromatic nitrogens is 4. The van der Waals surface area contributed by atoms with Crippen molar-refractivity contribution in [3.63, 3.8) is 0 Å². The van der Waals surface area contributed by atoms with E-state index in [0.29, 0.717) is 30.2 Å². The number of thiazole rings is 1. The molecular weight excluding hydrogens is 588 g/mol. The maximum absolute atomic E-state index is 13.7. The fourth-order valence-corrected chi connectivity index (χ4v) is 6.19. The number of pyridine rings is 1. The largest absolute Gasteiger partial charge is 0.389 e. The van der Waals surface area contributed by atoms with Crippen molar-refractivity contribution >= 4 is 34.1 Å². The van der Waals surface area contributed by atoms with E-state index in [1.54, 1.807) is 43.8 Å². The minimum absolute atomic E-state index is 0.133. The summed E-state index contributed by atoms with van der Waals surface area (Å²) in [5, 5.41) is 23.6. The molecule has 11 heteroatoms. The highest BCUT2D eigenvalue weighted by atomic mass is 32.1. The molecule has 2 amide bonds. The van der Waals surface area contributed by atoms with E-state index in [9.17, 15) is 14.7 Å². The van der Waals surface area contributed by atoms with Crippen LogP contribution in [0.5, 0.6) is 0 Å². The molecule has 2 aromatic carbocycles. The highest BCUT2D eigenvalue weighted by Crippen LogP contribution is 2.48. The number of benzene rings is 2. The summed E-state index contributed by atoms with van der Waals surface area (Å²) in [6.45, 7) is 6.29. The lowest BCUT2D eigenvalue weighted by atomic mass is 9.97. The normalized spacial score (nSPS) is 14.0. The van der Waals surface area contributed by atoms with Crippen LogP contribution in [0.3, 0.4) is 0 Å². The molecule has 6 rings (SSSR count). The molecule has 0 spiro atoms. The Morgan fingerprint density at radius 2 is 1.93 bits per heavy atom. The number of ether oxygens (including phenoxy) is 1. The minimum Gasteiger partial charge on any atom is -0.389 e. The molecule has 0 atom stereocenters. The number of hydrogen-bond acceptors (Lipinski definition) is 8. The molecule has 10 nitrogen and oxygen atoms in total. The average Bonchev–Trinajstić information content (AvgIpc) is 3.36. The van der Waals surface area contributed by atoms with Gasteiger partial charge in [0.1, 0.15) is 0 Å². The summed E-state index contributed by atoms with van der Waals surface area (Å²) in [4.78, 5) is 37.2. The lowest BCUT2D eigenvalue weighted by Gasteiger charge is -2.24. The van der Waals surface area contributed by atoms with Crippen LogP contribution in [0.2, 0.25) is 0 Å². The van der Waals surface area contributed by atoms with Crippen LogP contribution in [-0.2, 0) is 23.5 Å². The highest BCUT2D eigenvalue weighted by Gasteiger charge is 2.47. The molecule has 232 valence electrons. The molecule has 1 aliphatic carbocycles. The Morgan fingerprint density at radius 1 is 1.13 bits per heavy atom. The summed E-state index contributed by atoms with van der Waals surface area (Å²) >= 11 is 1.54. The van der Waals surface area contributed by atoms with Crippen LogP contribution in [0.4, 0.5) is 0 Å². The van der Waals surface area contributed by atoms with Gasteiger partial charge in [0.15, 0.2) is 5.69 Å². The first kappa shape index (κ1) is 30.6. The average molecular weight is 625 g/mol. The SMILES string of the molecule is Cc1cc(COCc2cscn2)ccc1C(=O)NC1(c2cc(-c3cc(C(=O)N(C)CC(C)(C)O)n[nH]3)nc3ccccc23)CC1. The second-order valence-corrected chi connectivity index (χ2v) is 13.1. The topological polar surface area (TPSA) is 133 Å². The molecule has 3 aromatic heterocycles. The van der Waals surface area contributed by atoms with Crippen LogP contribution >= 0.6 is 11.3 Å². The van der Waals surface area contributed by atoms with Gasteiger partial charge < -0.3 is 20.1 Å². The molecule has 1 saturated carbocycles. The maximum Gasteiger partial charge on any atom is 0.274 e. The third-order valence-electron chi connectivity index (χ3n) is 7.92. The smallest absolute Gasteiger partial charge is 0.274 e. The fourth-order valence-electron chi connectivity index (χ4n) is 5.64. The molecule has 1 fully saturated rings. The highest BCUT2D eigenvalue weighted by molar-refractivity contribution is 7.07. The van der Waals surface area contributed by atoms with Crippen LogP contribution < -0.4 is 5.32 Å². The van der Waals surface area contributed by atoms with E-state index < -0.39 is 11.1 Å². The maximum atomic E-state index is 13.7. The number of likely N-dealkylation sites (N-methyl/N-ethyl adjacent to an activating group) is 1.